The second-order valence-corrected chi connectivity index (χ2v) is 4.49. The molecule has 0 aliphatic rings. The monoisotopic (exact) mass is 278 g/mol. The third-order valence-electron chi connectivity index (χ3n) is 3.27. The van der Waals surface area contributed by atoms with Crippen LogP contribution < -0.4 is 10.2 Å². The molecule has 0 heterocycles. The largest absolute Gasteiger partial charge is 0.480 e. The van der Waals surface area contributed by atoms with Crippen LogP contribution in [0.15, 0.2) is 24.3 Å². The van der Waals surface area contributed by atoms with Gasteiger partial charge in [-0.3, -0.25) is 4.79 Å². The number of amides is 1. The molecule has 0 unspecified atom stereocenters. The van der Waals surface area contributed by atoms with Gasteiger partial charge in [-0.2, -0.15) is 0 Å². The van der Waals surface area contributed by atoms with Gasteiger partial charge in [0, 0.05) is 24.3 Å². The van der Waals surface area contributed by atoms with Crippen molar-refractivity contribution >= 4 is 17.6 Å². The van der Waals surface area contributed by atoms with E-state index in [1.807, 2.05) is 12.1 Å². The number of carboxylic acid groups (broad SMARTS) is 1. The van der Waals surface area contributed by atoms with E-state index in [9.17, 15) is 9.59 Å². The van der Waals surface area contributed by atoms with Crippen LogP contribution in [0.3, 0.4) is 0 Å². The fraction of sp³-hybridized carbons (Fsp3) is 0.467. The van der Waals surface area contributed by atoms with Crippen LogP contribution in [0.25, 0.3) is 0 Å². The minimum Gasteiger partial charge on any atom is -0.480 e. The van der Waals surface area contributed by atoms with Gasteiger partial charge in [-0.15, -0.1) is 0 Å². The summed E-state index contributed by atoms with van der Waals surface area (Å²) in [7, 11) is 0. The molecule has 0 saturated heterocycles. The van der Waals surface area contributed by atoms with Crippen molar-refractivity contribution < 1.29 is 14.7 Å². The van der Waals surface area contributed by atoms with E-state index in [2.05, 4.69) is 24.1 Å². The molecule has 5 nitrogen and oxygen atoms in total. The van der Waals surface area contributed by atoms with Gasteiger partial charge in [-0.25, -0.2) is 4.79 Å². The lowest BCUT2D eigenvalue weighted by Crippen LogP contribution is -2.40. The first kappa shape index (κ1) is 16.0. The number of carbonyl (C=O) groups excluding carboxylic acids is 1. The standard InChI is InChI=1S/C15H22N2O3/c1-4-13(15(19)20)16-14(18)11-7-9-12(10-8-11)17(5-2)6-3/h7-10,13H,4-6H2,1-3H3,(H,16,18)(H,19,20)/t13-/m0/s1. The molecule has 0 aromatic heterocycles. The summed E-state index contributed by atoms with van der Waals surface area (Å²) >= 11 is 0. The molecule has 1 rings (SSSR count). The van der Waals surface area contributed by atoms with E-state index in [0.717, 1.165) is 18.8 Å². The summed E-state index contributed by atoms with van der Waals surface area (Å²) < 4.78 is 0. The normalized spacial score (nSPS) is 11.8. The molecule has 0 fully saturated rings. The first-order valence-corrected chi connectivity index (χ1v) is 6.92. The molecular formula is C15H22N2O3. The van der Waals surface area contributed by atoms with Gasteiger partial charge in [-0.05, 0) is 44.5 Å². The second kappa shape index (κ2) is 7.53. The molecule has 0 spiro atoms. The minimum atomic E-state index is -1.01. The molecule has 0 saturated carbocycles. The molecule has 0 aliphatic heterocycles. The van der Waals surface area contributed by atoms with Gasteiger partial charge in [-0.1, -0.05) is 6.92 Å². The van der Waals surface area contributed by atoms with Gasteiger partial charge in [0.15, 0.2) is 0 Å². The summed E-state index contributed by atoms with van der Waals surface area (Å²) in [6.07, 6.45) is 0.360. The van der Waals surface area contributed by atoms with E-state index in [1.165, 1.54) is 0 Å². The van der Waals surface area contributed by atoms with E-state index >= 15 is 0 Å². The van der Waals surface area contributed by atoms with E-state index < -0.39 is 12.0 Å². The van der Waals surface area contributed by atoms with E-state index in [4.69, 9.17) is 5.11 Å². The Morgan fingerprint density at radius 3 is 2.10 bits per heavy atom. The highest BCUT2D eigenvalue weighted by Gasteiger charge is 2.18. The highest BCUT2D eigenvalue weighted by atomic mass is 16.4. The zero-order chi connectivity index (χ0) is 15.1. The van der Waals surface area contributed by atoms with E-state index in [1.54, 1.807) is 19.1 Å². The maximum absolute atomic E-state index is 12.0. The summed E-state index contributed by atoms with van der Waals surface area (Å²) in [4.78, 5) is 25.0. The lowest BCUT2D eigenvalue weighted by molar-refractivity contribution is -0.139. The summed E-state index contributed by atoms with van der Waals surface area (Å²) in [6.45, 7) is 7.67. The van der Waals surface area contributed by atoms with Crippen molar-refractivity contribution in [1.82, 2.24) is 5.32 Å². The Hall–Kier alpha value is -2.04. The second-order valence-electron chi connectivity index (χ2n) is 4.49. The molecule has 0 aliphatic carbocycles. The SMILES string of the molecule is CC[C@H](NC(=O)c1ccc(N(CC)CC)cc1)C(=O)O. The van der Waals surface area contributed by atoms with Gasteiger partial charge in [0.25, 0.3) is 5.91 Å². The Bertz CT molecular complexity index is 453. The van der Waals surface area contributed by atoms with Crippen molar-refractivity contribution in [2.45, 2.75) is 33.2 Å². The number of nitrogens with zero attached hydrogens (tertiary/aromatic N) is 1. The third-order valence-corrected chi connectivity index (χ3v) is 3.27. The number of anilines is 1. The predicted molar refractivity (Wildman–Crippen MR) is 79.2 cm³/mol. The van der Waals surface area contributed by atoms with Crippen molar-refractivity contribution in [2.24, 2.45) is 0 Å². The highest BCUT2D eigenvalue weighted by Crippen LogP contribution is 2.15. The molecule has 110 valence electrons. The van der Waals surface area contributed by atoms with Crippen LogP contribution in [-0.4, -0.2) is 36.1 Å². The van der Waals surface area contributed by atoms with Crippen LogP contribution in [0.5, 0.6) is 0 Å². The van der Waals surface area contributed by atoms with E-state index in [0.29, 0.717) is 12.0 Å². The summed E-state index contributed by atoms with van der Waals surface area (Å²) in [6, 6.07) is 6.35. The summed E-state index contributed by atoms with van der Waals surface area (Å²) in [5.41, 5.74) is 1.53. The van der Waals surface area contributed by atoms with Crippen molar-refractivity contribution in [3.05, 3.63) is 29.8 Å². The van der Waals surface area contributed by atoms with Crippen molar-refractivity contribution in [3.63, 3.8) is 0 Å². The number of nitrogens with one attached hydrogen (secondary N) is 1. The first-order chi connectivity index (χ1) is 9.53. The maximum atomic E-state index is 12.0. The molecule has 20 heavy (non-hydrogen) atoms. The van der Waals surface area contributed by atoms with Gasteiger partial charge < -0.3 is 15.3 Å². The van der Waals surface area contributed by atoms with Gasteiger partial charge in [0.05, 0.1) is 0 Å². The molecule has 1 aromatic carbocycles. The fourth-order valence-corrected chi connectivity index (χ4v) is 1.99. The summed E-state index contributed by atoms with van der Waals surface area (Å²) in [5.74, 6) is -1.37. The Kier molecular flexibility index (Phi) is 6.03. The molecule has 1 amide bonds. The van der Waals surface area contributed by atoms with Crippen molar-refractivity contribution in [1.29, 1.82) is 0 Å². The molecule has 5 heteroatoms. The van der Waals surface area contributed by atoms with Gasteiger partial charge >= 0.3 is 5.97 Å². The van der Waals surface area contributed by atoms with Crippen molar-refractivity contribution in [3.8, 4) is 0 Å². The Labute approximate surface area is 119 Å². The van der Waals surface area contributed by atoms with Crippen LogP contribution in [-0.2, 0) is 4.79 Å². The average molecular weight is 278 g/mol. The molecule has 2 N–H and O–H groups in total. The Morgan fingerprint density at radius 2 is 1.70 bits per heavy atom. The van der Waals surface area contributed by atoms with E-state index in [-0.39, 0.29) is 5.91 Å². The number of benzene rings is 1. The molecule has 1 atom stereocenters. The Balaban J connectivity index is 2.77. The lowest BCUT2D eigenvalue weighted by atomic mass is 10.1. The first-order valence-electron chi connectivity index (χ1n) is 6.92. The summed E-state index contributed by atoms with van der Waals surface area (Å²) in [5, 5.41) is 11.4. The third kappa shape index (κ3) is 3.98. The number of carbonyl (C=O) groups is 2. The van der Waals surface area contributed by atoms with Crippen LogP contribution in [0.1, 0.15) is 37.6 Å². The fourth-order valence-electron chi connectivity index (χ4n) is 1.99. The number of hydrogen-bond donors (Lipinski definition) is 2. The van der Waals surface area contributed by atoms with Crippen LogP contribution in [0, 0.1) is 0 Å². The average Bonchev–Trinajstić information content (AvgIpc) is 2.46. The van der Waals surface area contributed by atoms with Crippen LogP contribution in [0.4, 0.5) is 5.69 Å². The van der Waals surface area contributed by atoms with Crippen LogP contribution in [0.2, 0.25) is 0 Å². The topological polar surface area (TPSA) is 69.6 Å². The maximum Gasteiger partial charge on any atom is 0.326 e. The zero-order valence-corrected chi connectivity index (χ0v) is 12.2. The van der Waals surface area contributed by atoms with Gasteiger partial charge in [0.2, 0.25) is 0 Å². The Morgan fingerprint density at radius 1 is 1.15 bits per heavy atom. The predicted octanol–water partition coefficient (Wildman–Crippen LogP) is 2.13. The van der Waals surface area contributed by atoms with Crippen LogP contribution >= 0.6 is 0 Å². The zero-order valence-electron chi connectivity index (χ0n) is 12.2. The smallest absolute Gasteiger partial charge is 0.326 e. The minimum absolute atomic E-state index is 0.356. The molecule has 0 bridgehead atoms. The lowest BCUT2D eigenvalue weighted by Gasteiger charge is -2.21. The highest BCUT2D eigenvalue weighted by molar-refractivity contribution is 5.96. The number of aliphatic carboxylic acids is 1. The number of rotatable bonds is 7. The van der Waals surface area contributed by atoms with Gasteiger partial charge in [0.1, 0.15) is 6.04 Å². The number of carboxylic acids is 1. The quantitative estimate of drug-likeness (QED) is 0.801. The molecular weight excluding hydrogens is 256 g/mol. The molecule has 0 radical (unpaired) electrons. The molecule has 1 aromatic rings. The van der Waals surface area contributed by atoms with Crippen molar-refractivity contribution in [2.75, 3.05) is 18.0 Å². The number of hydrogen-bond acceptors (Lipinski definition) is 3.